The molecule has 4 N–H and O–H groups in total. The van der Waals surface area contributed by atoms with E-state index in [-0.39, 0.29) is 69.0 Å². The molecule has 3 fully saturated rings. The van der Waals surface area contributed by atoms with Crippen LogP contribution < -0.4 is 5.43 Å². The van der Waals surface area contributed by atoms with Crippen LogP contribution in [0.3, 0.4) is 0 Å². The van der Waals surface area contributed by atoms with E-state index >= 15 is 0 Å². The molecule has 3 aliphatic rings. The maximum Gasteiger partial charge on any atom is 0.341 e. The lowest BCUT2D eigenvalue weighted by Crippen LogP contribution is -2.62. The number of aromatic nitrogens is 1. The lowest BCUT2D eigenvalue weighted by Gasteiger charge is -2.50. The Balaban J connectivity index is 1.35. The van der Waals surface area contributed by atoms with Crippen molar-refractivity contribution in [2.24, 2.45) is 23.7 Å². The van der Waals surface area contributed by atoms with Crippen LogP contribution in [0.2, 0.25) is 0 Å². The number of ketones is 1. The Bertz CT molecular complexity index is 2410. The first-order chi connectivity index (χ1) is 37.1. The van der Waals surface area contributed by atoms with Gasteiger partial charge in [0.2, 0.25) is 5.43 Å². The molecule has 3 aliphatic heterocycles. The fraction of sp³-hybridized carbons (Fsp3) is 0.776. The average Bonchev–Trinajstić information content (AvgIpc) is 3.50. The highest BCUT2D eigenvalue weighted by Gasteiger charge is 2.56. The average molecular weight is 1120 g/mol. The van der Waals surface area contributed by atoms with Gasteiger partial charge in [-0.2, -0.15) is 0 Å². The third-order valence-electron chi connectivity index (χ3n) is 16.7. The maximum absolute atomic E-state index is 14.7. The molecule has 0 unspecified atom stereocenters. The monoisotopic (exact) mass is 1120 g/mol. The largest absolute Gasteiger partial charge is 0.477 e. The molecule has 4 heterocycles. The number of nitrogens with zero attached hydrogens (tertiary/aromatic N) is 2. The number of ether oxygens (including phenoxy) is 10. The topological polar surface area (TPSA) is 267 Å². The summed E-state index contributed by atoms with van der Waals surface area (Å²) in [5, 5.41) is 45.3. The molecule has 0 spiro atoms. The number of Topliss-reactive ketones (excluding diaryl/α,β-unsaturated/α-hetero) is 1. The van der Waals surface area contributed by atoms with Crippen molar-refractivity contribution in [2.45, 2.75) is 212 Å². The minimum Gasteiger partial charge on any atom is -0.477 e. The summed E-state index contributed by atoms with van der Waals surface area (Å²) in [4.78, 5) is 69.3. The third-order valence-corrected chi connectivity index (χ3v) is 16.7. The van der Waals surface area contributed by atoms with E-state index < -0.39 is 119 Å². The molecule has 21 nitrogen and oxygen atoms in total. The Morgan fingerprint density at radius 1 is 0.823 bits per heavy atom. The number of fused-ring (bicyclic) bond motifs is 1. The molecule has 18 atom stereocenters. The quantitative estimate of drug-likeness (QED) is 0.0938. The summed E-state index contributed by atoms with van der Waals surface area (Å²) in [6.07, 6.45) is -7.67. The van der Waals surface area contributed by atoms with Gasteiger partial charge in [0.1, 0.15) is 34.8 Å². The van der Waals surface area contributed by atoms with Crippen molar-refractivity contribution in [1.82, 2.24) is 9.47 Å². The van der Waals surface area contributed by atoms with Crippen molar-refractivity contribution in [2.75, 3.05) is 54.7 Å². The number of likely N-dealkylation sites (N-methyl/N-ethyl adjacent to an activating group) is 1. The number of hydrogen-bond donors (Lipinski definition) is 4. The molecule has 2 aromatic rings. The molecular weight excluding hydrogens is 1030 g/mol. The van der Waals surface area contributed by atoms with Gasteiger partial charge in [-0.05, 0) is 112 Å². The highest BCUT2D eigenvalue weighted by atomic mass is 16.7. The van der Waals surface area contributed by atoms with E-state index in [2.05, 4.69) is 0 Å². The molecule has 79 heavy (non-hydrogen) atoms. The molecule has 5 rings (SSSR count). The van der Waals surface area contributed by atoms with Gasteiger partial charge in [0.25, 0.3) is 0 Å². The number of aliphatic hydroxyl groups is 3. The fourth-order valence-corrected chi connectivity index (χ4v) is 11.8. The number of esters is 2. The lowest BCUT2D eigenvalue weighted by atomic mass is 9.74. The van der Waals surface area contributed by atoms with Gasteiger partial charge in [-0.3, -0.25) is 19.2 Å². The first-order valence-electron chi connectivity index (χ1n) is 28.0. The highest BCUT2D eigenvalue weighted by Crippen LogP contribution is 2.42. The normalized spacial score (nSPS) is 36.2. The predicted molar refractivity (Wildman–Crippen MR) is 290 cm³/mol. The Hall–Kier alpha value is -3.97. The Labute approximate surface area is 465 Å². The molecule has 3 saturated heterocycles. The van der Waals surface area contributed by atoms with Crippen LogP contribution in [-0.4, -0.2) is 193 Å². The molecule has 1 aromatic carbocycles. The van der Waals surface area contributed by atoms with Crippen molar-refractivity contribution in [3.8, 4) is 0 Å². The van der Waals surface area contributed by atoms with Crippen molar-refractivity contribution < 1.29 is 87.0 Å². The van der Waals surface area contributed by atoms with Crippen molar-refractivity contribution in [3.63, 3.8) is 0 Å². The molecule has 0 radical (unpaired) electrons. The number of aromatic carboxylic acids is 1. The third kappa shape index (κ3) is 15.6. The summed E-state index contributed by atoms with van der Waals surface area (Å²) in [6, 6.07) is 5.12. The van der Waals surface area contributed by atoms with Crippen LogP contribution in [-0.2, 0) is 74.7 Å². The van der Waals surface area contributed by atoms with Crippen LogP contribution in [0.15, 0.2) is 29.2 Å². The fourth-order valence-electron chi connectivity index (χ4n) is 11.8. The summed E-state index contributed by atoms with van der Waals surface area (Å²) < 4.78 is 64.8. The first kappa shape index (κ1) is 65.8. The Morgan fingerprint density at radius 2 is 1.46 bits per heavy atom. The van der Waals surface area contributed by atoms with Gasteiger partial charge >= 0.3 is 17.9 Å². The predicted octanol–water partition coefficient (Wildman–Crippen LogP) is 5.08. The molecule has 1 aromatic heterocycles. The minimum absolute atomic E-state index is 0.0115. The van der Waals surface area contributed by atoms with Crippen LogP contribution in [0.1, 0.15) is 131 Å². The van der Waals surface area contributed by atoms with E-state index in [1.807, 2.05) is 51.9 Å². The second kappa shape index (κ2) is 28.3. The number of carbonyl (C=O) groups is 4. The summed E-state index contributed by atoms with van der Waals surface area (Å²) in [6.45, 7) is 20.1. The summed E-state index contributed by atoms with van der Waals surface area (Å²) in [7, 11) is 6.68. The molecular formula is C58H92N2O19. The molecule has 448 valence electrons. The number of carbonyl (C=O) groups excluding carboxylic acids is 3. The number of benzene rings is 1. The van der Waals surface area contributed by atoms with Gasteiger partial charge < -0.3 is 77.3 Å². The van der Waals surface area contributed by atoms with Crippen LogP contribution in [0.25, 0.3) is 10.9 Å². The van der Waals surface area contributed by atoms with E-state index in [0.717, 1.165) is 5.56 Å². The number of carboxylic acids is 1. The van der Waals surface area contributed by atoms with E-state index in [1.165, 1.54) is 34.3 Å². The van der Waals surface area contributed by atoms with Crippen LogP contribution in [0, 0.1) is 23.7 Å². The van der Waals surface area contributed by atoms with Gasteiger partial charge in [-0.1, -0.05) is 33.8 Å². The summed E-state index contributed by atoms with van der Waals surface area (Å²) >= 11 is 0. The minimum atomic E-state index is -2.06. The van der Waals surface area contributed by atoms with Gasteiger partial charge in [0.15, 0.2) is 18.7 Å². The zero-order chi connectivity index (χ0) is 58.9. The number of carboxylic acid groups (broad SMARTS) is 1. The van der Waals surface area contributed by atoms with Crippen molar-refractivity contribution in [1.29, 1.82) is 0 Å². The lowest BCUT2D eigenvalue weighted by molar-refractivity contribution is -0.329. The number of aryl methyl sites for hydroxylation is 2. The van der Waals surface area contributed by atoms with Gasteiger partial charge in [0, 0.05) is 69.2 Å². The smallest absolute Gasteiger partial charge is 0.341 e. The van der Waals surface area contributed by atoms with Crippen LogP contribution >= 0.6 is 0 Å². The first-order valence-corrected chi connectivity index (χ1v) is 28.0. The van der Waals surface area contributed by atoms with Crippen molar-refractivity contribution in [3.05, 3.63) is 45.7 Å². The van der Waals surface area contributed by atoms with Gasteiger partial charge in [-0.15, -0.1) is 0 Å². The number of rotatable bonds is 21. The number of pyridine rings is 1. The highest BCUT2D eigenvalue weighted by molar-refractivity contribution is 5.92. The van der Waals surface area contributed by atoms with Crippen molar-refractivity contribution >= 4 is 34.6 Å². The zero-order valence-electron chi connectivity index (χ0n) is 49.3. The van der Waals surface area contributed by atoms with Gasteiger partial charge in [0.05, 0.1) is 73.8 Å². The standard InChI is InChI=1S/C58H92N2O19/c1-16-43-58(11,69)49(65)35(6)45(62)32(3)29-56(9,70-14)50(79-54-47(64)42(59(12)13)27-33(4)74-54)36(7)48(37(8)53(68)76-43)78-55-51(57(10,71-15)30-34(5)75-55)77-44(61)22-24-73-26-25-72-23-18-19-38-20-21-41-39(28-38)46(63)40(52(66)67)31-60(41)17-2/h20-21,28,31-37,42-43,47-51,54-55,64-65,69H,16-19,22-27,29-30H2,1-15H3,(H,66,67)/t32-,33-,34+,35+,36+,37-,42+,43-,47-,48+,49-,50-,51+,54+,55+,56-,57+,58-/m1/s1. The number of cyclic esters (lactones) is 1. The second-order valence-corrected chi connectivity index (χ2v) is 23.0. The zero-order valence-corrected chi connectivity index (χ0v) is 49.3. The SMILES string of the molecule is CC[C@H]1OC(=O)[C@H](C)[C@@H](O[C@@H]2O[C@@H](C)C[C@](C)(OC)[C@H]2OC(=O)CCOCCOCCCc2ccc3c(c2)c(=O)c(C(=O)O)cn3CC)[C@H](C)[C@@H](O[C@@H]2O[C@H](C)C[C@H](N(C)C)[C@H]2O)[C@](C)(OC)C[C@@H](C)C(=O)[C@H](C)[C@@H](O)[C@]1(C)O. The van der Waals surface area contributed by atoms with E-state index in [4.69, 9.17) is 47.4 Å². The van der Waals surface area contributed by atoms with E-state index in [0.29, 0.717) is 43.3 Å². The van der Waals surface area contributed by atoms with E-state index in [1.54, 1.807) is 52.2 Å². The maximum atomic E-state index is 14.7. The molecule has 0 amide bonds. The molecule has 21 heteroatoms. The van der Waals surface area contributed by atoms with Crippen LogP contribution in [0.4, 0.5) is 0 Å². The molecule has 0 saturated carbocycles. The summed E-state index contributed by atoms with van der Waals surface area (Å²) in [5.41, 5.74) is -3.87. The molecule has 0 bridgehead atoms. The summed E-state index contributed by atoms with van der Waals surface area (Å²) in [5.74, 6) is -7.04. The molecule has 0 aliphatic carbocycles. The number of hydrogen-bond acceptors (Lipinski definition) is 19. The second-order valence-electron chi connectivity index (χ2n) is 23.0. The van der Waals surface area contributed by atoms with Gasteiger partial charge in [-0.25, -0.2) is 4.79 Å². The van der Waals surface area contributed by atoms with Crippen LogP contribution in [0.5, 0.6) is 0 Å². The Morgan fingerprint density at radius 3 is 2.06 bits per heavy atom. The Kier molecular flexibility index (Phi) is 23.6. The number of aliphatic hydroxyl groups excluding tert-OH is 2. The van der Waals surface area contributed by atoms with E-state index in [9.17, 15) is 44.4 Å². The number of methoxy groups -OCH3 is 2.